The number of pyridine rings is 1. The molecule has 2 aliphatic carbocycles. The van der Waals surface area contributed by atoms with Gasteiger partial charge in [-0.15, -0.1) is 0 Å². The van der Waals surface area contributed by atoms with Crippen LogP contribution in [0.4, 0.5) is 0 Å². The topological polar surface area (TPSA) is 82.8 Å². The number of hydrogen-bond donors (Lipinski definition) is 2. The number of aliphatic hydroxyl groups excluding tert-OH is 1. The van der Waals surface area contributed by atoms with Gasteiger partial charge in [0.2, 0.25) is 0 Å². The minimum Gasteiger partial charge on any atom is -0.512 e. The lowest BCUT2D eigenvalue weighted by Gasteiger charge is -2.37. The van der Waals surface area contributed by atoms with Gasteiger partial charge in [-0.3, -0.25) is 9.78 Å². The highest BCUT2D eigenvalue weighted by molar-refractivity contribution is 6.22. The first-order valence-electron chi connectivity index (χ1n) is 11.1. The van der Waals surface area contributed by atoms with Gasteiger partial charge in [-0.05, 0) is 42.2 Å². The van der Waals surface area contributed by atoms with Gasteiger partial charge >= 0.3 is 0 Å². The summed E-state index contributed by atoms with van der Waals surface area (Å²) in [7, 11) is 0. The molecule has 2 N–H and O–H groups in total. The number of carbonyl (C=O) groups is 1. The third-order valence-corrected chi connectivity index (χ3v) is 6.70. The van der Waals surface area contributed by atoms with Crippen LogP contribution in [0.2, 0.25) is 0 Å². The van der Waals surface area contributed by atoms with E-state index in [4.69, 9.17) is 0 Å². The molecule has 5 heteroatoms. The Morgan fingerprint density at radius 1 is 1.03 bits per heavy atom. The summed E-state index contributed by atoms with van der Waals surface area (Å²) in [6.07, 6.45) is 7.66. The fourth-order valence-electron chi connectivity index (χ4n) is 4.71. The summed E-state index contributed by atoms with van der Waals surface area (Å²) in [5, 5.41) is 23.7. The molecule has 0 bridgehead atoms. The quantitative estimate of drug-likeness (QED) is 0.280. The number of nitrogens with zero attached hydrogens (tertiary/aromatic N) is 2. The van der Waals surface area contributed by atoms with Gasteiger partial charge in [0.05, 0.1) is 11.3 Å². The van der Waals surface area contributed by atoms with E-state index in [0.717, 1.165) is 11.1 Å². The van der Waals surface area contributed by atoms with E-state index < -0.39 is 0 Å². The van der Waals surface area contributed by atoms with Crippen molar-refractivity contribution in [2.75, 3.05) is 0 Å². The molecule has 1 aromatic heterocycles. The van der Waals surface area contributed by atoms with Crippen LogP contribution in [-0.2, 0) is 15.6 Å². The molecule has 0 saturated carbocycles. The van der Waals surface area contributed by atoms with Crippen molar-refractivity contribution in [1.82, 2.24) is 4.98 Å². The first kappa shape index (κ1) is 22.0. The van der Waals surface area contributed by atoms with Crippen LogP contribution in [0.25, 0.3) is 5.57 Å². The first-order valence-corrected chi connectivity index (χ1v) is 11.1. The van der Waals surface area contributed by atoms with Crippen LogP contribution in [0, 0.1) is 6.92 Å². The molecule has 2 aromatic rings. The van der Waals surface area contributed by atoms with Gasteiger partial charge in [-0.1, -0.05) is 57.1 Å². The number of benzene rings is 1. The molecule has 0 amide bonds. The van der Waals surface area contributed by atoms with Crippen molar-refractivity contribution in [3.05, 3.63) is 81.9 Å². The molecule has 0 saturated heterocycles. The van der Waals surface area contributed by atoms with E-state index in [1.807, 2.05) is 6.92 Å². The smallest absolute Gasteiger partial charge is 0.166 e. The van der Waals surface area contributed by atoms with Gasteiger partial charge in [0, 0.05) is 41.0 Å². The lowest BCUT2D eigenvalue weighted by Crippen LogP contribution is -2.30. The zero-order chi connectivity index (χ0) is 23.3. The normalized spacial score (nSPS) is 19.8. The number of oxime groups is 1. The van der Waals surface area contributed by atoms with E-state index in [9.17, 15) is 15.1 Å². The fraction of sp³-hybridized carbons (Fsp3) is 0.370. The maximum Gasteiger partial charge on any atom is 0.166 e. The van der Waals surface area contributed by atoms with E-state index in [0.29, 0.717) is 41.8 Å². The number of allylic oxidation sites excluding steroid dienone is 4. The number of aliphatic hydroxyl groups is 1. The minimum atomic E-state index is -0.142. The first-order chi connectivity index (χ1) is 15.0. The molecule has 1 heterocycles. The number of aryl methyl sites for hydroxylation is 1. The number of fused-ring (bicyclic) bond motifs is 1. The monoisotopic (exact) mass is 430 g/mol. The summed E-state index contributed by atoms with van der Waals surface area (Å²) < 4.78 is 0. The molecule has 0 fully saturated rings. The average molecular weight is 431 g/mol. The van der Waals surface area contributed by atoms with Crippen molar-refractivity contribution in [2.45, 2.75) is 64.7 Å². The molecule has 0 spiro atoms. The summed E-state index contributed by atoms with van der Waals surface area (Å²) >= 11 is 0. The molecule has 32 heavy (non-hydrogen) atoms. The SMILES string of the molecule is Cc1cc2c(cc1/C(=N/O)c1ccc(C3=C(O)CCCC3=O)cn1)C(C)(C)C=CC2(C)C. The predicted octanol–water partition coefficient (Wildman–Crippen LogP) is 5.76. The number of hydrogen-bond acceptors (Lipinski definition) is 5. The van der Waals surface area contributed by atoms with Gasteiger partial charge in [-0.2, -0.15) is 0 Å². The lowest BCUT2D eigenvalue weighted by molar-refractivity contribution is -0.114. The predicted molar refractivity (Wildman–Crippen MR) is 126 cm³/mol. The molecule has 166 valence electrons. The van der Waals surface area contributed by atoms with Gasteiger partial charge in [0.25, 0.3) is 0 Å². The Kier molecular flexibility index (Phi) is 5.32. The van der Waals surface area contributed by atoms with Gasteiger partial charge in [-0.25, -0.2) is 0 Å². The second-order valence-electron chi connectivity index (χ2n) is 9.97. The van der Waals surface area contributed by atoms with E-state index in [1.165, 1.54) is 11.1 Å². The third-order valence-electron chi connectivity index (χ3n) is 6.70. The zero-order valence-electron chi connectivity index (χ0n) is 19.4. The Bertz CT molecular complexity index is 1180. The molecule has 0 atom stereocenters. The summed E-state index contributed by atoms with van der Waals surface area (Å²) in [4.78, 5) is 16.8. The van der Waals surface area contributed by atoms with Crippen LogP contribution in [0.5, 0.6) is 0 Å². The molecular weight excluding hydrogens is 400 g/mol. The third kappa shape index (κ3) is 3.66. The highest BCUT2D eigenvalue weighted by Crippen LogP contribution is 2.42. The highest BCUT2D eigenvalue weighted by atomic mass is 16.4. The van der Waals surface area contributed by atoms with E-state index >= 15 is 0 Å². The Hall–Kier alpha value is -3.21. The maximum atomic E-state index is 12.3. The molecule has 0 radical (unpaired) electrons. The van der Waals surface area contributed by atoms with Crippen molar-refractivity contribution in [1.29, 1.82) is 0 Å². The van der Waals surface area contributed by atoms with Crippen molar-refractivity contribution >= 4 is 17.1 Å². The molecule has 4 rings (SSSR count). The zero-order valence-corrected chi connectivity index (χ0v) is 19.4. The van der Waals surface area contributed by atoms with Crippen molar-refractivity contribution in [3.8, 4) is 0 Å². The maximum absolute atomic E-state index is 12.3. The standard InChI is InChI=1S/C27H30N2O3/c1-16-13-19-20(27(4,5)12-11-26(19,2)3)14-18(16)25(29-32)21-10-9-17(15-28-21)24-22(30)7-6-8-23(24)31/h9-15,30,32H,6-8H2,1-5H3/b29-25-. The fourth-order valence-corrected chi connectivity index (χ4v) is 4.71. The Morgan fingerprint density at radius 2 is 1.69 bits per heavy atom. The van der Waals surface area contributed by atoms with Crippen LogP contribution in [0.1, 0.15) is 80.5 Å². The number of Topliss-reactive ketones (excluding diaryl/α,β-unsaturated/α-hetero) is 1. The van der Waals surface area contributed by atoms with Crippen LogP contribution in [0.15, 0.2) is 53.5 Å². The number of aromatic nitrogens is 1. The van der Waals surface area contributed by atoms with Gasteiger partial charge in [0.15, 0.2) is 5.78 Å². The number of carbonyl (C=O) groups excluding carboxylic acids is 1. The number of rotatable bonds is 3. The Balaban J connectivity index is 1.77. The molecule has 2 aliphatic rings. The molecule has 0 aliphatic heterocycles. The number of ketones is 1. The van der Waals surface area contributed by atoms with Gasteiger partial charge in [0.1, 0.15) is 11.5 Å². The van der Waals surface area contributed by atoms with E-state index in [-0.39, 0.29) is 22.4 Å². The Labute approximate surface area is 189 Å². The van der Waals surface area contributed by atoms with Crippen molar-refractivity contribution in [3.63, 3.8) is 0 Å². The summed E-state index contributed by atoms with van der Waals surface area (Å²) in [6, 6.07) is 7.78. The summed E-state index contributed by atoms with van der Waals surface area (Å²) in [6.45, 7) is 10.8. The van der Waals surface area contributed by atoms with Crippen LogP contribution >= 0.6 is 0 Å². The van der Waals surface area contributed by atoms with Crippen LogP contribution < -0.4 is 0 Å². The molecule has 5 nitrogen and oxygen atoms in total. The Morgan fingerprint density at radius 3 is 2.25 bits per heavy atom. The largest absolute Gasteiger partial charge is 0.512 e. The average Bonchev–Trinajstić information content (AvgIpc) is 2.74. The second-order valence-corrected chi connectivity index (χ2v) is 9.97. The van der Waals surface area contributed by atoms with E-state index in [2.05, 4.69) is 62.1 Å². The summed E-state index contributed by atoms with van der Waals surface area (Å²) in [5.41, 5.74) is 5.90. The van der Waals surface area contributed by atoms with Crippen LogP contribution in [0.3, 0.4) is 0 Å². The summed E-state index contributed by atoms with van der Waals surface area (Å²) in [5.74, 6) is 0.0538. The molecular formula is C27H30N2O3. The lowest BCUT2D eigenvalue weighted by atomic mass is 9.67. The molecule has 0 unspecified atom stereocenters. The molecule has 1 aromatic carbocycles. The second kappa shape index (κ2) is 7.73. The van der Waals surface area contributed by atoms with Crippen molar-refractivity contribution in [2.24, 2.45) is 5.16 Å². The van der Waals surface area contributed by atoms with Gasteiger partial charge < -0.3 is 10.3 Å². The van der Waals surface area contributed by atoms with Crippen LogP contribution in [-0.4, -0.2) is 26.8 Å². The minimum absolute atomic E-state index is 0.0669. The van der Waals surface area contributed by atoms with Crippen molar-refractivity contribution < 1.29 is 15.1 Å². The highest BCUT2D eigenvalue weighted by Gasteiger charge is 2.34. The van der Waals surface area contributed by atoms with E-state index in [1.54, 1.807) is 18.3 Å².